The van der Waals surface area contributed by atoms with Crippen LogP contribution in [0.5, 0.6) is 11.5 Å². The van der Waals surface area contributed by atoms with Gasteiger partial charge in [0.25, 0.3) is 0 Å². The molecule has 3 N–H and O–H groups in total. The Morgan fingerprint density at radius 3 is 1.98 bits per heavy atom. The zero-order chi connectivity index (χ0) is 32.5. The fourth-order valence-electron chi connectivity index (χ4n) is 8.49. The fraction of sp³-hybridized carbons (Fsp3) is 0.0667. The summed E-state index contributed by atoms with van der Waals surface area (Å²) < 4.78 is 9.38. The van der Waals surface area contributed by atoms with Crippen LogP contribution in [0.4, 0.5) is 0 Å². The molecule has 0 fully saturated rings. The molecule has 3 heterocycles. The van der Waals surface area contributed by atoms with E-state index in [0.29, 0.717) is 0 Å². The molecule has 0 bridgehead atoms. The van der Waals surface area contributed by atoms with Gasteiger partial charge in [0.15, 0.2) is 0 Å². The Morgan fingerprint density at radius 2 is 1.14 bits per heavy atom. The highest BCUT2D eigenvalue weighted by Gasteiger charge is 2.50. The van der Waals surface area contributed by atoms with Crippen LogP contribution < -0.4 is 15.8 Å². The molecule has 234 valence electrons. The molecule has 4 heteroatoms. The second-order valence-corrected chi connectivity index (χ2v) is 13.1. The molecule has 7 aromatic carbocycles. The second kappa shape index (κ2) is 10.8. The molecule has 1 spiro atoms. The predicted molar refractivity (Wildman–Crippen MR) is 198 cm³/mol. The first kappa shape index (κ1) is 28.1. The van der Waals surface area contributed by atoms with Gasteiger partial charge in [-0.15, -0.1) is 0 Å². The maximum absolute atomic E-state index is 6.91. The Hall–Kier alpha value is -5.94. The summed E-state index contributed by atoms with van der Waals surface area (Å²) in [4.78, 5) is 0. The topological polar surface area (TPSA) is 52.2 Å². The molecule has 3 unspecified atom stereocenters. The van der Waals surface area contributed by atoms with Gasteiger partial charge in [-0.1, -0.05) is 146 Å². The summed E-state index contributed by atoms with van der Waals surface area (Å²) in [5.41, 5.74) is 17.9. The second-order valence-electron chi connectivity index (χ2n) is 13.1. The molecule has 3 atom stereocenters. The van der Waals surface area contributed by atoms with E-state index in [-0.39, 0.29) is 12.2 Å². The molecule has 2 aliphatic heterocycles. The van der Waals surface area contributed by atoms with E-state index in [4.69, 9.17) is 10.5 Å². The van der Waals surface area contributed by atoms with Gasteiger partial charge in [0.2, 0.25) is 0 Å². The number of rotatable bonds is 5. The minimum absolute atomic E-state index is 0.164. The Kier molecular flexibility index (Phi) is 6.19. The van der Waals surface area contributed by atoms with Gasteiger partial charge in [-0.05, 0) is 52.1 Å². The molecule has 10 rings (SSSR count). The average Bonchev–Trinajstić information content (AvgIpc) is 3.51. The van der Waals surface area contributed by atoms with Crippen LogP contribution in [0.25, 0.3) is 27.5 Å². The lowest BCUT2D eigenvalue weighted by atomic mass is 9.61. The first-order chi connectivity index (χ1) is 24.2. The molecule has 1 aromatic heterocycles. The van der Waals surface area contributed by atoms with Crippen molar-refractivity contribution in [2.75, 3.05) is 0 Å². The standard InChI is InChI=1S/C45H33N3O/c46-44(30-16-5-2-6-17-30)47-42(29-14-3-1-4-15-29)31-26-27-36-41(28-31)49-40-25-12-9-21-35(40)45(36)34-20-8-11-24-39(34)48-38-23-10-7-18-32(38)33-19-13-22-37(45)43(33)48/h1-28,42,44,47H,46H2. The van der Waals surface area contributed by atoms with Crippen molar-refractivity contribution in [1.82, 2.24) is 9.88 Å². The van der Waals surface area contributed by atoms with Gasteiger partial charge in [0.05, 0.1) is 34.3 Å². The lowest BCUT2D eigenvalue weighted by Gasteiger charge is -2.45. The van der Waals surface area contributed by atoms with Gasteiger partial charge in [0, 0.05) is 21.9 Å². The first-order valence-corrected chi connectivity index (χ1v) is 16.9. The van der Waals surface area contributed by atoms with Gasteiger partial charge >= 0.3 is 0 Å². The Balaban J connectivity index is 1.24. The maximum atomic E-state index is 6.91. The number of hydrogen-bond donors (Lipinski definition) is 2. The van der Waals surface area contributed by atoms with Crippen molar-refractivity contribution < 1.29 is 4.74 Å². The van der Waals surface area contributed by atoms with E-state index in [2.05, 4.69) is 162 Å². The molecule has 0 saturated heterocycles. The van der Waals surface area contributed by atoms with Gasteiger partial charge in [0.1, 0.15) is 11.5 Å². The van der Waals surface area contributed by atoms with E-state index < -0.39 is 5.41 Å². The molecule has 8 aromatic rings. The zero-order valence-electron chi connectivity index (χ0n) is 26.8. The van der Waals surface area contributed by atoms with Gasteiger partial charge < -0.3 is 15.0 Å². The molecular weight excluding hydrogens is 599 g/mol. The van der Waals surface area contributed by atoms with E-state index in [0.717, 1.165) is 39.3 Å². The van der Waals surface area contributed by atoms with Crippen LogP contribution in [0.1, 0.15) is 51.2 Å². The van der Waals surface area contributed by atoms with Crippen molar-refractivity contribution in [3.8, 4) is 17.2 Å². The molecular formula is C45H33N3O. The third-order valence-corrected chi connectivity index (χ3v) is 10.5. The Labute approximate surface area is 285 Å². The van der Waals surface area contributed by atoms with Crippen molar-refractivity contribution >= 4 is 21.8 Å². The summed E-state index contributed by atoms with van der Waals surface area (Å²) in [6.07, 6.45) is -0.361. The minimum Gasteiger partial charge on any atom is -0.457 e. The number of benzene rings is 7. The van der Waals surface area contributed by atoms with Crippen LogP contribution >= 0.6 is 0 Å². The van der Waals surface area contributed by atoms with Crippen molar-refractivity contribution in [2.45, 2.75) is 17.6 Å². The number of nitrogens with zero attached hydrogens (tertiary/aromatic N) is 1. The normalized spacial score (nSPS) is 16.8. The van der Waals surface area contributed by atoms with Crippen LogP contribution in [0.15, 0.2) is 170 Å². The van der Waals surface area contributed by atoms with Crippen molar-refractivity contribution in [1.29, 1.82) is 0 Å². The van der Waals surface area contributed by atoms with Crippen LogP contribution in [0.3, 0.4) is 0 Å². The summed E-state index contributed by atoms with van der Waals surface area (Å²) in [6.45, 7) is 0. The number of nitrogens with two attached hydrogens (primary N) is 1. The molecule has 0 aliphatic carbocycles. The summed E-state index contributed by atoms with van der Waals surface area (Å²) in [5, 5.41) is 6.26. The maximum Gasteiger partial charge on any atom is 0.132 e. The summed E-state index contributed by atoms with van der Waals surface area (Å²) >= 11 is 0. The molecule has 2 aliphatic rings. The predicted octanol–water partition coefficient (Wildman–Crippen LogP) is 9.92. The number of aromatic nitrogens is 1. The Bertz CT molecular complexity index is 2540. The van der Waals surface area contributed by atoms with E-state index in [9.17, 15) is 0 Å². The number of fused-ring (bicyclic) bond motifs is 11. The molecule has 0 amide bonds. The van der Waals surface area contributed by atoms with Crippen molar-refractivity contribution in [3.05, 3.63) is 209 Å². The smallest absolute Gasteiger partial charge is 0.132 e. The van der Waals surface area contributed by atoms with Crippen molar-refractivity contribution in [2.24, 2.45) is 5.73 Å². The lowest BCUT2D eigenvalue weighted by Crippen LogP contribution is -2.38. The lowest BCUT2D eigenvalue weighted by molar-refractivity contribution is 0.431. The van der Waals surface area contributed by atoms with E-state index in [1.165, 1.54) is 38.6 Å². The number of nitrogens with one attached hydrogen (secondary N) is 1. The molecule has 49 heavy (non-hydrogen) atoms. The largest absolute Gasteiger partial charge is 0.457 e. The quantitative estimate of drug-likeness (QED) is 0.186. The van der Waals surface area contributed by atoms with Crippen LogP contribution in [-0.4, -0.2) is 4.57 Å². The van der Waals surface area contributed by atoms with E-state index in [1.54, 1.807) is 0 Å². The van der Waals surface area contributed by atoms with Crippen LogP contribution in [0, 0.1) is 0 Å². The zero-order valence-corrected chi connectivity index (χ0v) is 26.8. The van der Waals surface area contributed by atoms with Crippen molar-refractivity contribution in [3.63, 3.8) is 0 Å². The summed E-state index contributed by atoms with van der Waals surface area (Å²) in [5.74, 6) is 1.72. The summed E-state index contributed by atoms with van der Waals surface area (Å²) in [7, 11) is 0. The number of para-hydroxylation sites is 4. The molecule has 0 radical (unpaired) electrons. The third kappa shape index (κ3) is 3.99. The highest BCUT2D eigenvalue weighted by molar-refractivity contribution is 6.12. The minimum atomic E-state index is -0.598. The Morgan fingerprint density at radius 1 is 0.510 bits per heavy atom. The molecule has 4 nitrogen and oxygen atoms in total. The number of hydrogen-bond acceptors (Lipinski definition) is 3. The fourth-order valence-corrected chi connectivity index (χ4v) is 8.49. The third-order valence-electron chi connectivity index (χ3n) is 10.5. The average molecular weight is 632 g/mol. The SMILES string of the molecule is NC(NC(c1ccccc1)c1ccc2c(c1)Oc1ccccc1C21c2ccccc2-n2c3ccccc3c3cccc1c32)c1ccccc1. The highest BCUT2D eigenvalue weighted by atomic mass is 16.5. The van der Waals surface area contributed by atoms with Crippen LogP contribution in [0.2, 0.25) is 0 Å². The highest BCUT2D eigenvalue weighted by Crippen LogP contribution is 2.60. The van der Waals surface area contributed by atoms with Gasteiger partial charge in [-0.3, -0.25) is 5.32 Å². The van der Waals surface area contributed by atoms with Crippen LogP contribution in [-0.2, 0) is 5.41 Å². The number of ether oxygens (including phenoxy) is 1. The van der Waals surface area contributed by atoms with Gasteiger partial charge in [-0.25, -0.2) is 0 Å². The van der Waals surface area contributed by atoms with Gasteiger partial charge in [-0.2, -0.15) is 0 Å². The van der Waals surface area contributed by atoms with E-state index in [1.807, 2.05) is 18.2 Å². The van der Waals surface area contributed by atoms with E-state index >= 15 is 0 Å². The summed E-state index contributed by atoms with van der Waals surface area (Å²) in [6, 6.07) is 60.4. The monoisotopic (exact) mass is 631 g/mol. The first-order valence-electron chi connectivity index (χ1n) is 16.9. The molecule has 0 saturated carbocycles.